The second-order valence-electron chi connectivity index (χ2n) is 6.80. The molecule has 0 aromatic heterocycles. The van der Waals surface area contributed by atoms with Crippen LogP contribution in [0.1, 0.15) is 30.0 Å². The van der Waals surface area contributed by atoms with Crippen molar-refractivity contribution in [1.82, 2.24) is 5.32 Å². The van der Waals surface area contributed by atoms with E-state index in [1.807, 2.05) is 24.3 Å². The van der Waals surface area contributed by atoms with Gasteiger partial charge in [0.2, 0.25) is 11.8 Å². The number of fused-ring (bicyclic) bond motifs is 2. The molecule has 9 heteroatoms. The first-order valence-electron chi connectivity index (χ1n) is 9.01. The molecule has 0 saturated carbocycles. The van der Waals surface area contributed by atoms with Crippen LogP contribution in [0.3, 0.4) is 0 Å². The predicted molar refractivity (Wildman–Crippen MR) is 107 cm³/mol. The number of amides is 2. The molecule has 0 unspecified atom stereocenters. The molecule has 2 aromatic carbocycles. The van der Waals surface area contributed by atoms with Crippen molar-refractivity contribution in [3.05, 3.63) is 53.6 Å². The molecule has 0 radical (unpaired) electrons. The van der Waals surface area contributed by atoms with E-state index in [1.165, 1.54) is 6.07 Å². The van der Waals surface area contributed by atoms with Crippen LogP contribution in [-0.4, -0.2) is 22.8 Å². The monoisotopic (exact) mass is 438 g/mol. The number of anilines is 1. The molecule has 2 atom stereocenters. The van der Waals surface area contributed by atoms with E-state index in [4.69, 9.17) is 0 Å². The first kappa shape index (κ1) is 20.2. The maximum absolute atomic E-state index is 12.9. The van der Waals surface area contributed by atoms with Gasteiger partial charge in [-0.15, -0.1) is 23.5 Å². The second-order valence-corrected chi connectivity index (χ2v) is 9.18. The van der Waals surface area contributed by atoms with Crippen molar-refractivity contribution in [2.75, 3.05) is 11.1 Å². The summed E-state index contributed by atoms with van der Waals surface area (Å²) >= 11 is 2.87. The van der Waals surface area contributed by atoms with Gasteiger partial charge in [-0.3, -0.25) is 9.59 Å². The molecule has 2 aromatic rings. The van der Waals surface area contributed by atoms with E-state index in [9.17, 15) is 22.8 Å². The molecule has 0 aliphatic carbocycles. The summed E-state index contributed by atoms with van der Waals surface area (Å²) in [5.74, 6) is 0.187. The van der Waals surface area contributed by atoms with Crippen LogP contribution in [0.5, 0.6) is 0 Å². The van der Waals surface area contributed by atoms with E-state index >= 15 is 0 Å². The van der Waals surface area contributed by atoms with E-state index in [2.05, 4.69) is 10.6 Å². The highest BCUT2D eigenvalue weighted by atomic mass is 32.2. The molecular formula is C20H17F3N2O2S2. The Morgan fingerprint density at radius 3 is 2.76 bits per heavy atom. The van der Waals surface area contributed by atoms with Crippen molar-refractivity contribution in [2.24, 2.45) is 0 Å². The number of nitrogens with one attached hydrogen (secondary N) is 2. The maximum atomic E-state index is 12.9. The van der Waals surface area contributed by atoms with E-state index < -0.39 is 22.9 Å². The molecular weight excluding hydrogens is 421 g/mol. The van der Waals surface area contributed by atoms with Crippen LogP contribution in [0.4, 0.5) is 18.9 Å². The molecule has 0 saturated heterocycles. The van der Waals surface area contributed by atoms with Crippen molar-refractivity contribution in [3.63, 3.8) is 0 Å². The number of hydrogen-bond acceptors (Lipinski definition) is 4. The quantitative estimate of drug-likeness (QED) is 0.719. The molecule has 4 rings (SSSR count). The van der Waals surface area contributed by atoms with Crippen LogP contribution in [0.15, 0.2) is 52.3 Å². The molecule has 0 spiro atoms. The van der Waals surface area contributed by atoms with Crippen molar-refractivity contribution in [1.29, 1.82) is 0 Å². The lowest BCUT2D eigenvalue weighted by molar-refractivity contribution is -0.137. The highest BCUT2D eigenvalue weighted by molar-refractivity contribution is 8.01. The summed E-state index contributed by atoms with van der Waals surface area (Å²) in [6, 6.07) is 11.0. The van der Waals surface area contributed by atoms with Crippen molar-refractivity contribution < 1.29 is 22.8 Å². The number of carbonyl (C=O) groups excluding carboxylic acids is 2. The zero-order valence-corrected chi connectivity index (χ0v) is 16.7. The summed E-state index contributed by atoms with van der Waals surface area (Å²) in [5, 5.41) is 4.82. The minimum atomic E-state index is -4.48. The van der Waals surface area contributed by atoms with Gasteiger partial charge in [0.25, 0.3) is 0 Å². The standard InChI is InChI=1S/C20H17F3N2O2S2/c21-20(22,23)11-5-6-16-14(9-11)25-19(27)17(29-16)10-18(26)24-13-7-8-28-15-4-2-1-3-12(13)15/h1-6,9,13,17H,7-8,10H2,(H,24,26)(H,25,27)/t13-,17-/m1/s1. The van der Waals surface area contributed by atoms with Crippen molar-refractivity contribution in [3.8, 4) is 0 Å². The Morgan fingerprint density at radius 1 is 1.17 bits per heavy atom. The van der Waals surface area contributed by atoms with E-state index in [0.717, 1.165) is 46.5 Å². The molecule has 0 bridgehead atoms. The van der Waals surface area contributed by atoms with Crippen LogP contribution >= 0.6 is 23.5 Å². The number of hydrogen-bond donors (Lipinski definition) is 2. The SMILES string of the molecule is O=C(C[C@H]1Sc2ccc(C(F)(F)F)cc2NC1=O)N[C@@H]1CCSc2ccccc21. The highest BCUT2D eigenvalue weighted by Gasteiger charge is 2.34. The molecule has 4 nitrogen and oxygen atoms in total. The summed E-state index contributed by atoms with van der Waals surface area (Å²) in [4.78, 5) is 26.6. The Kier molecular flexibility index (Phi) is 5.52. The van der Waals surface area contributed by atoms with Gasteiger partial charge in [-0.1, -0.05) is 18.2 Å². The van der Waals surface area contributed by atoms with Gasteiger partial charge in [-0.05, 0) is 36.2 Å². The smallest absolute Gasteiger partial charge is 0.349 e. The Balaban J connectivity index is 1.43. The maximum Gasteiger partial charge on any atom is 0.416 e. The molecule has 0 fully saturated rings. The zero-order chi connectivity index (χ0) is 20.6. The van der Waals surface area contributed by atoms with Gasteiger partial charge in [-0.25, -0.2) is 0 Å². The minimum absolute atomic E-state index is 0.0389. The van der Waals surface area contributed by atoms with Gasteiger partial charge in [0.05, 0.1) is 22.5 Å². The van der Waals surface area contributed by atoms with Gasteiger partial charge in [0.15, 0.2) is 0 Å². The first-order valence-corrected chi connectivity index (χ1v) is 10.9. The normalized spacial score (nSPS) is 21.0. The van der Waals surface area contributed by atoms with Crippen LogP contribution in [0.2, 0.25) is 0 Å². The molecule has 2 amide bonds. The van der Waals surface area contributed by atoms with Gasteiger partial charge in [0, 0.05) is 22.0 Å². The average Bonchev–Trinajstić information content (AvgIpc) is 2.68. The van der Waals surface area contributed by atoms with Crippen LogP contribution < -0.4 is 10.6 Å². The molecule has 2 aliphatic heterocycles. The largest absolute Gasteiger partial charge is 0.416 e. The van der Waals surface area contributed by atoms with E-state index in [-0.39, 0.29) is 24.1 Å². The van der Waals surface area contributed by atoms with Crippen LogP contribution in [0, 0.1) is 0 Å². The number of carbonyl (C=O) groups is 2. The molecule has 2 aliphatic rings. The van der Waals surface area contributed by atoms with Crippen molar-refractivity contribution >= 4 is 41.0 Å². The third-order valence-corrected chi connectivity index (χ3v) is 7.19. The van der Waals surface area contributed by atoms with E-state index in [1.54, 1.807) is 11.8 Å². The number of thioether (sulfide) groups is 2. The first-order chi connectivity index (χ1) is 13.8. The third-order valence-electron chi connectivity index (χ3n) is 4.79. The van der Waals surface area contributed by atoms with Gasteiger partial charge >= 0.3 is 6.18 Å². The lowest BCUT2D eigenvalue weighted by Crippen LogP contribution is -2.37. The Morgan fingerprint density at radius 2 is 1.97 bits per heavy atom. The van der Waals surface area contributed by atoms with Crippen LogP contribution in [0.25, 0.3) is 0 Å². The number of alkyl halides is 3. The average molecular weight is 438 g/mol. The summed E-state index contributed by atoms with van der Waals surface area (Å²) in [7, 11) is 0. The number of benzene rings is 2. The Hall–Kier alpha value is -2.13. The summed E-state index contributed by atoms with van der Waals surface area (Å²) in [5.41, 5.74) is 0.384. The zero-order valence-electron chi connectivity index (χ0n) is 15.1. The number of halogens is 3. The lowest BCUT2D eigenvalue weighted by atomic mass is 10.0. The summed E-state index contributed by atoms with van der Waals surface area (Å²) in [6.07, 6.45) is -3.71. The Labute approximate surface area is 174 Å². The highest BCUT2D eigenvalue weighted by Crippen LogP contribution is 2.41. The van der Waals surface area contributed by atoms with E-state index in [0.29, 0.717) is 4.90 Å². The van der Waals surface area contributed by atoms with Crippen molar-refractivity contribution in [2.45, 2.75) is 40.1 Å². The summed E-state index contributed by atoms with van der Waals surface area (Å²) < 4.78 is 38.6. The molecule has 2 heterocycles. The molecule has 2 N–H and O–H groups in total. The third kappa shape index (κ3) is 4.40. The molecule has 152 valence electrons. The second kappa shape index (κ2) is 7.95. The van der Waals surface area contributed by atoms with Gasteiger partial charge in [-0.2, -0.15) is 13.2 Å². The van der Waals surface area contributed by atoms with Crippen LogP contribution in [-0.2, 0) is 15.8 Å². The van der Waals surface area contributed by atoms with Gasteiger partial charge < -0.3 is 10.6 Å². The topological polar surface area (TPSA) is 58.2 Å². The minimum Gasteiger partial charge on any atom is -0.349 e. The lowest BCUT2D eigenvalue weighted by Gasteiger charge is -2.28. The summed E-state index contributed by atoms with van der Waals surface area (Å²) in [6.45, 7) is 0. The Bertz CT molecular complexity index is 965. The predicted octanol–water partition coefficient (Wildman–Crippen LogP) is 4.86. The van der Waals surface area contributed by atoms with Gasteiger partial charge in [0.1, 0.15) is 0 Å². The fraction of sp³-hybridized carbons (Fsp3) is 0.300. The number of rotatable bonds is 3. The fourth-order valence-corrected chi connectivity index (χ4v) is 5.59. The molecule has 29 heavy (non-hydrogen) atoms. The fourth-order valence-electron chi connectivity index (χ4n) is 3.37.